The lowest BCUT2D eigenvalue weighted by atomic mass is 10.2. The van der Waals surface area contributed by atoms with E-state index in [4.69, 9.17) is 0 Å². The Morgan fingerprint density at radius 2 is 1.82 bits per heavy atom. The number of thioether (sulfide) groups is 1. The van der Waals surface area contributed by atoms with Gasteiger partial charge in [-0.1, -0.05) is 54.9 Å². The van der Waals surface area contributed by atoms with Gasteiger partial charge in [-0.05, 0) is 31.2 Å². The molecule has 0 saturated heterocycles. The molecule has 1 aromatic carbocycles. The second-order valence-corrected chi connectivity index (χ2v) is 8.42. The molecule has 0 unspecified atom stereocenters. The van der Waals surface area contributed by atoms with Gasteiger partial charge in [0.25, 0.3) is 0 Å². The van der Waals surface area contributed by atoms with E-state index in [1.165, 1.54) is 17.3 Å². The van der Waals surface area contributed by atoms with Gasteiger partial charge >= 0.3 is 6.03 Å². The smallest absolute Gasteiger partial charge is 0.321 e. The number of hydrogen-bond acceptors (Lipinski definition) is 5. The van der Waals surface area contributed by atoms with Crippen molar-refractivity contribution in [1.29, 1.82) is 0 Å². The number of hydrogen-bond donors (Lipinski definition) is 2. The van der Waals surface area contributed by atoms with Crippen LogP contribution in [-0.4, -0.2) is 38.5 Å². The molecule has 2 N–H and O–H groups in total. The van der Waals surface area contributed by atoms with E-state index < -0.39 is 6.03 Å². The lowest BCUT2D eigenvalue weighted by molar-refractivity contribution is -0.117. The zero-order chi connectivity index (χ0) is 19.3. The molecule has 2 fully saturated rings. The lowest BCUT2D eigenvalue weighted by Crippen LogP contribution is -2.44. The summed E-state index contributed by atoms with van der Waals surface area (Å²) in [4.78, 5) is 24.1. The third-order valence-corrected chi connectivity index (χ3v) is 6.11. The average Bonchev–Trinajstić information content (AvgIpc) is 3.26. The van der Waals surface area contributed by atoms with Crippen LogP contribution in [0.4, 0.5) is 4.79 Å². The second kappa shape index (κ2) is 8.77. The van der Waals surface area contributed by atoms with Crippen LogP contribution in [0.3, 0.4) is 0 Å². The van der Waals surface area contributed by atoms with Crippen LogP contribution >= 0.6 is 11.8 Å². The van der Waals surface area contributed by atoms with E-state index in [0.29, 0.717) is 12.5 Å². The molecule has 0 atom stereocenters. The summed E-state index contributed by atoms with van der Waals surface area (Å²) in [7, 11) is 0. The standard InChI is InChI=1S/C20H25N5O2S/c26-17(22-19(27)21-16-8-4-5-9-16)13-28-20-24-23-18(15-10-11-15)25(20)12-14-6-2-1-3-7-14/h1-3,6-7,15-16H,4-5,8-13H2,(H2,21,22,26,27). The van der Waals surface area contributed by atoms with Crippen LogP contribution in [0.1, 0.15) is 55.8 Å². The lowest BCUT2D eigenvalue weighted by Gasteiger charge is -2.12. The molecule has 0 aliphatic heterocycles. The first-order chi connectivity index (χ1) is 13.7. The minimum absolute atomic E-state index is 0.135. The molecule has 2 aromatic rings. The summed E-state index contributed by atoms with van der Waals surface area (Å²) in [6.45, 7) is 0.686. The normalized spacial score (nSPS) is 16.9. The van der Waals surface area contributed by atoms with Crippen LogP contribution in [0.5, 0.6) is 0 Å². The van der Waals surface area contributed by atoms with Gasteiger partial charge in [-0.2, -0.15) is 0 Å². The summed E-state index contributed by atoms with van der Waals surface area (Å²) in [5, 5.41) is 14.7. The summed E-state index contributed by atoms with van der Waals surface area (Å²) in [5.41, 5.74) is 1.17. The third kappa shape index (κ3) is 4.92. The Morgan fingerprint density at radius 3 is 2.54 bits per heavy atom. The molecular formula is C20H25N5O2S. The number of nitrogens with one attached hydrogen (secondary N) is 2. The summed E-state index contributed by atoms with van der Waals surface area (Å²) >= 11 is 1.32. The summed E-state index contributed by atoms with van der Waals surface area (Å²) in [6, 6.07) is 9.96. The van der Waals surface area contributed by atoms with E-state index in [2.05, 4.69) is 37.5 Å². The molecule has 2 saturated carbocycles. The fraction of sp³-hybridized carbons (Fsp3) is 0.500. The van der Waals surface area contributed by atoms with Crippen LogP contribution in [-0.2, 0) is 11.3 Å². The fourth-order valence-corrected chi connectivity index (χ4v) is 4.29. The van der Waals surface area contributed by atoms with E-state index in [9.17, 15) is 9.59 Å². The zero-order valence-electron chi connectivity index (χ0n) is 15.8. The van der Waals surface area contributed by atoms with Gasteiger partial charge in [0.1, 0.15) is 5.82 Å². The van der Waals surface area contributed by atoms with E-state index in [0.717, 1.165) is 49.5 Å². The molecule has 1 heterocycles. The largest absolute Gasteiger partial charge is 0.335 e. The van der Waals surface area contributed by atoms with Crippen molar-refractivity contribution in [1.82, 2.24) is 25.4 Å². The van der Waals surface area contributed by atoms with Crippen molar-refractivity contribution in [2.24, 2.45) is 0 Å². The van der Waals surface area contributed by atoms with Crippen molar-refractivity contribution in [3.8, 4) is 0 Å². The van der Waals surface area contributed by atoms with E-state index in [1.54, 1.807) is 0 Å². The van der Waals surface area contributed by atoms with Crippen molar-refractivity contribution in [3.63, 3.8) is 0 Å². The summed E-state index contributed by atoms with van der Waals surface area (Å²) in [5.74, 6) is 1.28. The highest BCUT2D eigenvalue weighted by molar-refractivity contribution is 7.99. The Labute approximate surface area is 168 Å². The van der Waals surface area contributed by atoms with Gasteiger partial charge in [0.2, 0.25) is 5.91 Å². The number of aromatic nitrogens is 3. The molecule has 28 heavy (non-hydrogen) atoms. The van der Waals surface area contributed by atoms with Crippen molar-refractivity contribution in [2.75, 3.05) is 5.75 Å². The van der Waals surface area contributed by atoms with Gasteiger partial charge in [0.15, 0.2) is 5.16 Å². The topological polar surface area (TPSA) is 88.9 Å². The Kier molecular flexibility index (Phi) is 5.95. The molecule has 148 valence electrons. The van der Waals surface area contributed by atoms with Gasteiger partial charge < -0.3 is 9.88 Å². The Hall–Kier alpha value is -2.35. The highest BCUT2D eigenvalue weighted by Crippen LogP contribution is 2.40. The number of carbonyl (C=O) groups is 2. The van der Waals surface area contributed by atoms with Crippen molar-refractivity contribution < 1.29 is 9.59 Å². The molecular weight excluding hydrogens is 374 g/mol. The maximum absolute atomic E-state index is 12.2. The summed E-state index contributed by atoms with van der Waals surface area (Å²) in [6.07, 6.45) is 6.52. The van der Waals surface area contributed by atoms with E-state index >= 15 is 0 Å². The van der Waals surface area contributed by atoms with Crippen molar-refractivity contribution in [2.45, 2.75) is 62.2 Å². The first kappa shape index (κ1) is 19.0. The van der Waals surface area contributed by atoms with Crippen LogP contribution in [0, 0.1) is 0 Å². The van der Waals surface area contributed by atoms with E-state index in [-0.39, 0.29) is 17.7 Å². The van der Waals surface area contributed by atoms with Gasteiger partial charge in [-0.25, -0.2) is 4.79 Å². The van der Waals surface area contributed by atoms with Crippen LogP contribution in [0.2, 0.25) is 0 Å². The van der Waals surface area contributed by atoms with Crippen molar-refractivity contribution >= 4 is 23.7 Å². The van der Waals surface area contributed by atoms with Crippen LogP contribution in [0.25, 0.3) is 0 Å². The molecule has 3 amide bonds. The molecule has 2 aliphatic rings. The van der Waals surface area contributed by atoms with Crippen molar-refractivity contribution in [3.05, 3.63) is 41.7 Å². The maximum atomic E-state index is 12.2. The Bertz CT molecular complexity index is 828. The van der Waals surface area contributed by atoms with Gasteiger partial charge in [-0.3, -0.25) is 10.1 Å². The maximum Gasteiger partial charge on any atom is 0.321 e. The third-order valence-electron chi connectivity index (χ3n) is 5.15. The van der Waals surface area contributed by atoms with E-state index in [1.807, 2.05) is 18.2 Å². The molecule has 4 rings (SSSR count). The number of carbonyl (C=O) groups excluding carboxylic acids is 2. The first-order valence-corrected chi connectivity index (χ1v) is 10.9. The van der Waals surface area contributed by atoms with Crippen LogP contribution < -0.4 is 10.6 Å². The molecule has 0 radical (unpaired) electrons. The number of benzene rings is 1. The molecule has 8 heteroatoms. The minimum atomic E-state index is -0.401. The first-order valence-electron chi connectivity index (χ1n) is 9.89. The van der Waals surface area contributed by atoms with Gasteiger partial charge in [0, 0.05) is 12.0 Å². The average molecular weight is 400 g/mol. The number of nitrogens with zero attached hydrogens (tertiary/aromatic N) is 3. The SMILES string of the molecule is O=C(CSc1nnc(C2CC2)n1Cc1ccccc1)NC(=O)NC1CCCC1. The highest BCUT2D eigenvalue weighted by Gasteiger charge is 2.30. The fourth-order valence-electron chi connectivity index (χ4n) is 3.55. The Morgan fingerprint density at radius 1 is 1.07 bits per heavy atom. The number of amides is 3. The predicted molar refractivity (Wildman–Crippen MR) is 107 cm³/mol. The number of urea groups is 1. The molecule has 0 bridgehead atoms. The minimum Gasteiger partial charge on any atom is -0.335 e. The Balaban J connectivity index is 1.35. The molecule has 1 aromatic heterocycles. The van der Waals surface area contributed by atoms with Gasteiger partial charge in [0.05, 0.1) is 12.3 Å². The zero-order valence-corrected chi connectivity index (χ0v) is 16.6. The second-order valence-electron chi connectivity index (χ2n) is 7.48. The van der Waals surface area contributed by atoms with Crippen LogP contribution in [0.15, 0.2) is 35.5 Å². The highest BCUT2D eigenvalue weighted by atomic mass is 32.2. The van der Waals surface area contributed by atoms with Gasteiger partial charge in [-0.15, -0.1) is 10.2 Å². The monoisotopic (exact) mass is 399 g/mol. The molecule has 7 nitrogen and oxygen atoms in total. The number of imide groups is 1. The predicted octanol–water partition coefficient (Wildman–Crippen LogP) is 3.06. The molecule has 0 spiro atoms. The summed E-state index contributed by atoms with van der Waals surface area (Å²) < 4.78 is 2.10. The number of rotatable bonds is 7. The molecule has 2 aliphatic carbocycles. The quantitative estimate of drug-likeness (QED) is 0.699.